The number of amides is 1. The highest BCUT2D eigenvalue weighted by molar-refractivity contribution is 8.13. The zero-order valence-electron chi connectivity index (χ0n) is 9.90. The van der Waals surface area contributed by atoms with Crippen molar-refractivity contribution in [3.63, 3.8) is 0 Å². The largest absolute Gasteiger partial charge is 0.349 e. The molecule has 0 saturated carbocycles. The predicted octanol–water partition coefficient (Wildman–Crippen LogP) is 1.57. The molecule has 1 N–H and O–H groups in total. The molecule has 0 aromatic carbocycles. The lowest BCUT2D eigenvalue weighted by atomic mass is 10.3. The number of carbonyl (C=O) groups excluding carboxylic acids is 1. The van der Waals surface area contributed by atoms with Gasteiger partial charge in [-0.2, -0.15) is 0 Å². The van der Waals surface area contributed by atoms with E-state index in [0.29, 0.717) is 12.2 Å². The van der Waals surface area contributed by atoms with Crippen LogP contribution in [0.3, 0.4) is 0 Å². The maximum Gasteiger partial charge on any atom is 0.268 e. The molecule has 1 aromatic rings. The van der Waals surface area contributed by atoms with E-state index in [1.54, 1.807) is 4.57 Å². The summed E-state index contributed by atoms with van der Waals surface area (Å²) < 4.78 is 23.9. The predicted molar refractivity (Wildman–Crippen MR) is 65.7 cm³/mol. The van der Waals surface area contributed by atoms with Gasteiger partial charge in [0.1, 0.15) is 10.6 Å². The van der Waals surface area contributed by atoms with E-state index in [0.717, 1.165) is 0 Å². The Morgan fingerprint density at radius 3 is 2.53 bits per heavy atom. The molecule has 1 amide bonds. The van der Waals surface area contributed by atoms with Crippen LogP contribution in [0.15, 0.2) is 17.2 Å². The van der Waals surface area contributed by atoms with Gasteiger partial charge in [-0.05, 0) is 26.8 Å². The van der Waals surface area contributed by atoms with Crippen LogP contribution in [0.2, 0.25) is 0 Å². The number of hydrogen-bond acceptors (Lipinski definition) is 3. The summed E-state index contributed by atoms with van der Waals surface area (Å²) in [7, 11) is 1.43. The zero-order chi connectivity index (χ0) is 13.2. The van der Waals surface area contributed by atoms with Crippen LogP contribution in [-0.2, 0) is 15.6 Å². The van der Waals surface area contributed by atoms with Gasteiger partial charge in [-0.15, -0.1) is 0 Å². The molecule has 1 aromatic heterocycles. The number of aryl methyl sites for hydroxylation is 1. The number of nitrogens with one attached hydrogen (secondary N) is 1. The summed E-state index contributed by atoms with van der Waals surface area (Å²) in [5.41, 5.74) is 0.292. The molecule has 0 radical (unpaired) electrons. The molecule has 5 nitrogen and oxygen atoms in total. The van der Waals surface area contributed by atoms with Crippen LogP contribution in [0.25, 0.3) is 0 Å². The lowest BCUT2D eigenvalue weighted by Gasteiger charge is -2.09. The van der Waals surface area contributed by atoms with Crippen LogP contribution in [0.1, 0.15) is 31.3 Å². The van der Waals surface area contributed by atoms with Gasteiger partial charge >= 0.3 is 0 Å². The molecule has 1 rings (SSSR count). The molecule has 0 atom stereocenters. The van der Waals surface area contributed by atoms with Gasteiger partial charge in [0, 0.05) is 29.5 Å². The van der Waals surface area contributed by atoms with E-state index in [1.807, 2.05) is 20.8 Å². The Labute approximate surface area is 105 Å². The minimum Gasteiger partial charge on any atom is -0.349 e. The molecule has 1 heterocycles. The van der Waals surface area contributed by atoms with Crippen LogP contribution in [0.4, 0.5) is 0 Å². The van der Waals surface area contributed by atoms with Crippen molar-refractivity contribution in [1.82, 2.24) is 9.88 Å². The fourth-order valence-electron chi connectivity index (χ4n) is 1.41. The zero-order valence-corrected chi connectivity index (χ0v) is 11.5. The third-order valence-electron chi connectivity index (χ3n) is 2.15. The third kappa shape index (κ3) is 3.47. The topological polar surface area (TPSA) is 68.2 Å². The molecule has 0 aliphatic carbocycles. The fourth-order valence-corrected chi connectivity index (χ4v) is 2.16. The molecule has 0 bridgehead atoms. The van der Waals surface area contributed by atoms with Crippen molar-refractivity contribution in [1.29, 1.82) is 0 Å². The second-order valence-electron chi connectivity index (χ2n) is 3.91. The third-order valence-corrected chi connectivity index (χ3v) is 3.47. The first-order valence-corrected chi connectivity index (χ1v) is 7.52. The van der Waals surface area contributed by atoms with Crippen LogP contribution in [0, 0.1) is 0 Å². The molecule has 0 aliphatic heterocycles. The highest BCUT2D eigenvalue weighted by Crippen LogP contribution is 2.18. The molecule has 0 unspecified atom stereocenters. The minimum atomic E-state index is -3.81. The smallest absolute Gasteiger partial charge is 0.268 e. The minimum absolute atomic E-state index is 0.0150. The summed E-state index contributed by atoms with van der Waals surface area (Å²) in [6.07, 6.45) is 1.36. The molecule has 96 valence electrons. The summed E-state index contributed by atoms with van der Waals surface area (Å²) in [6, 6.07) is 1.27. The normalized spacial score (nSPS) is 11.8. The van der Waals surface area contributed by atoms with Gasteiger partial charge in [0.15, 0.2) is 0 Å². The van der Waals surface area contributed by atoms with Crippen LogP contribution in [-0.4, -0.2) is 24.9 Å². The van der Waals surface area contributed by atoms with E-state index in [4.69, 9.17) is 10.7 Å². The average molecular weight is 279 g/mol. The van der Waals surface area contributed by atoms with Crippen molar-refractivity contribution in [2.75, 3.05) is 0 Å². The monoisotopic (exact) mass is 278 g/mol. The van der Waals surface area contributed by atoms with Gasteiger partial charge in [-0.3, -0.25) is 4.79 Å². The summed E-state index contributed by atoms with van der Waals surface area (Å²) in [5, 5.41) is 2.70. The van der Waals surface area contributed by atoms with Crippen molar-refractivity contribution in [2.24, 2.45) is 0 Å². The first kappa shape index (κ1) is 14.1. The maximum atomic E-state index is 11.8. The summed E-state index contributed by atoms with van der Waals surface area (Å²) >= 11 is 0. The van der Waals surface area contributed by atoms with E-state index >= 15 is 0 Å². The highest BCUT2D eigenvalue weighted by Gasteiger charge is 2.19. The average Bonchev–Trinajstić information content (AvgIpc) is 2.59. The van der Waals surface area contributed by atoms with Crippen molar-refractivity contribution >= 4 is 25.6 Å². The Hall–Kier alpha value is -1.01. The van der Waals surface area contributed by atoms with Crippen LogP contribution in [0.5, 0.6) is 0 Å². The molecular weight excluding hydrogens is 264 g/mol. The van der Waals surface area contributed by atoms with Crippen molar-refractivity contribution in [2.45, 2.75) is 38.3 Å². The highest BCUT2D eigenvalue weighted by atomic mass is 35.7. The SMILES string of the molecule is CCn1cc(S(=O)(=O)Cl)cc1C(=O)NC(C)C. The molecular formula is C10H15ClN2O3S. The van der Waals surface area contributed by atoms with Crippen molar-refractivity contribution in [3.05, 3.63) is 18.0 Å². The lowest BCUT2D eigenvalue weighted by Crippen LogP contribution is -2.31. The number of rotatable bonds is 4. The number of nitrogens with zero attached hydrogens (tertiary/aromatic N) is 1. The van der Waals surface area contributed by atoms with E-state index in [2.05, 4.69) is 5.32 Å². The van der Waals surface area contributed by atoms with Gasteiger partial charge in [-0.25, -0.2) is 8.42 Å². The second-order valence-corrected chi connectivity index (χ2v) is 6.48. The standard InChI is InChI=1S/C10H15ClN2O3S/c1-4-13-6-8(17(11,15)16)5-9(13)10(14)12-7(2)3/h5-7H,4H2,1-3H3,(H,12,14). The molecule has 0 aliphatic rings. The lowest BCUT2D eigenvalue weighted by molar-refractivity contribution is 0.0934. The van der Waals surface area contributed by atoms with E-state index in [1.165, 1.54) is 12.3 Å². The van der Waals surface area contributed by atoms with Gasteiger partial charge in [0.2, 0.25) is 0 Å². The fraction of sp³-hybridized carbons (Fsp3) is 0.500. The van der Waals surface area contributed by atoms with E-state index in [9.17, 15) is 13.2 Å². The van der Waals surface area contributed by atoms with Gasteiger partial charge < -0.3 is 9.88 Å². The maximum absolute atomic E-state index is 11.8. The first-order valence-electron chi connectivity index (χ1n) is 5.21. The Morgan fingerprint density at radius 2 is 2.12 bits per heavy atom. The van der Waals surface area contributed by atoms with E-state index in [-0.39, 0.29) is 16.8 Å². The Kier molecular flexibility index (Phi) is 4.21. The Bertz CT molecular complexity index is 520. The molecule has 0 saturated heterocycles. The first-order chi connectivity index (χ1) is 7.75. The number of hydrogen-bond donors (Lipinski definition) is 1. The summed E-state index contributed by atoms with van der Waals surface area (Å²) in [5.74, 6) is -0.312. The number of aromatic nitrogens is 1. The van der Waals surface area contributed by atoms with Gasteiger partial charge in [-0.1, -0.05) is 0 Å². The van der Waals surface area contributed by atoms with Gasteiger partial charge in [0.05, 0.1) is 0 Å². The molecule has 0 spiro atoms. The Morgan fingerprint density at radius 1 is 1.53 bits per heavy atom. The second kappa shape index (κ2) is 5.10. The number of carbonyl (C=O) groups is 1. The molecule has 7 heteroatoms. The molecule has 0 fully saturated rings. The van der Waals surface area contributed by atoms with Crippen LogP contribution < -0.4 is 5.32 Å². The van der Waals surface area contributed by atoms with Crippen molar-refractivity contribution < 1.29 is 13.2 Å². The summed E-state index contributed by atoms with van der Waals surface area (Å²) in [4.78, 5) is 11.7. The summed E-state index contributed by atoms with van der Waals surface area (Å²) in [6.45, 7) is 5.97. The van der Waals surface area contributed by atoms with Gasteiger partial charge in [0.25, 0.3) is 15.0 Å². The molecule has 17 heavy (non-hydrogen) atoms. The number of halogens is 1. The quantitative estimate of drug-likeness (QED) is 0.850. The Balaban J connectivity index is 3.16. The van der Waals surface area contributed by atoms with Crippen molar-refractivity contribution in [3.8, 4) is 0 Å². The van der Waals surface area contributed by atoms with E-state index < -0.39 is 9.05 Å². The van der Waals surface area contributed by atoms with Crippen LogP contribution >= 0.6 is 10.7 Å².